The number of hydrogen-bond donors (Lipinski definition) is 1. The van der Waals surface area contributed by atoms with E-state index in [0.29, 0.717) is 23.9 Å². The van der Waals surface area contributed by atoms with Crippen molar-refractivity contribution in [3.8, 4) is 5.88 Å². The van der Waals surface area contributed by atoms with Crippen LogP contribution in [0, 0.1) is 0 Å². The van der Waals surface area contributed by atoms with Crippen molar-refractivity contribution in [3.63, 3.8) is 0 Å². The Bertz CT molecular complexity index is 959. The van der Waals surface area contributed by atoms with Crippen LogP contribution in [-0.4, -0.2) is 56.5 Å². The van der Waals surface area contributed by atoms with Gasteiger partial charge in [-0.15, -0.1) is 0 Å². The third-order valence-electron chi connectivity index (χ3n) is 5.29. The van der Waals surface area contributed by atoms with Gasteiger partial charge in [0, 0.05) is 26.1 Å². The fourth-order valence-corrected chi connectivity index (χ4v) is 3.69. The molecule has 0 aliphatic carbocycles. The van der Waals surface area contributed by atoms with E-state index in [1.54, 1.807) is 6.33 Å². The van der Waals surface area contributed by atoms with Crippen molar-refractivity contribution < 1.29 is 9.53 Å². The first-order valence-electron chi connectivity index (χ1n) is 10.6. The minimum absolute atomic E-state index is 0.302. The Labute approximate surface area is 176 Å². The molecule has 1 aliphatic heterocycles. The smallest absolute Gasteiger partial charge is 0.245 e. The number of carbonyl (C=O) groups excluding carboxylic acids is 1. The molecule has 8 nitrogen and oxygen atoms in total. The van der Waals surface area contributed by atoms with Gasteiger partial charge in [0.25, 0.3) is 0 Å². The highest BCUT2D eigenvalue weighted by Crippen LogP contribution is 2.20. The second kappa shape index (κ2) is 10.2. The predicted molar refractivity (Wildman–Crippen MR) is 114 cm³/mol. The molecule has 1 saturated heterocycles. The number of ether oxygens (including phenoxy) is 1. The van der Waals surface area contributed by atoms with Gasteiger partial charge in [-0.2, -0.15) is 4.98 Å². The summed E-state index contributed by atoms with van der Waals surface area (Å²) >= 11 is 0. The molecule has 1 fully saturated rings. The Balaban J connectivity index is 1.21. The van der Waals surface area contributed by atoms with Crippen LogP contribution in [0.3, 0.4) is 0 Å². The maximum absolute atomic E-state index is 11.6. The number of imidazole rings is 1. The van der Waals surface area contributed by atoms with Crippen LogP contribution in [0.5, 0.6) is 5.88 Å². The third kappa shape index (κ3) is 5.13. The van der Waals surface area contributed by atoms with Gasteiger partial charge in [-0.25, -0.2) is 9.97 Å². The number of aromatic nitrogens is 4. The zero-order valence-electron chi connectivity index (χ0n) is 17.2. The number of likely N-dealkylation sites (tertiary alicyclic amines) is 1. The van der Waals surface area contributed by atoms with E-state index in [9.17, 15) is 4.79 Å². The molecule has 1 aliphatic rings. The Hall–Kier alpha value is -3.00. The number of amides is 1. The zero-order chi connectivity index (χ0) is 20.6. The number of carbonyl (C=O) groups is 1. The van der Waals surface area contributed by atoms with E-state index in [1.165, 1.54) is 6.33 Å². The molecule has 0 saturated carbocycles. The first-order chi connectivity index (χ1) is 14.8. The van der Waals surface area contributed by atoms with Crippen LogP contribution < -0.4 is 10.1 Å². The monoisotopic (exact) mass is 408 g/mol. The number of rotatable bonds is 11. The minimum atomic E-state index is 0.302. The van der Waals surface area contributed by atoms with Crippen molar-refractivity contribution in [3.05, 3.63) is 48.5 Å². The van der Waals surface area contributed by atoms with Crippen LogP contribution in [0.4, 0.5) is 0 Å². The summed E-state index contributed by atoms with van der Waals surface area (Å²) in [5, 5.41) is 3.46. The lowest BCUT2D eigenvalue weighted by molar-refractivity contribution is -0.127. The van der Waals surface area contributed by atoms with Gasteiger partial charge in [-0.3, -0.25) is 4.79 Å². The van der Waals surface area contributed by atoms with Crippen LogP contribution in [-0.2, 0) is 17.9 Å². The van der Waals surface area contributed by atoms with Gasteiger partial charge in [0.2, 0.25) is 11.8 Å². The van der Waals surface area contributed by atoms with Crippen molar-refractivity contribution >= 4 is 17.1 Å². The van der Waals surface area contributed by atoms with Crippen LogP contribution in [0.15, 0.2) is 43.0 Å². The largest absolute Gasteiger partial charge is 0.471 e. The van der Waals surface area contributed by atoms with Gasteiger partial charge in [-0.1, -0.05) is 30.3 Å². The maximum atomic E-state index is 11.6. The lowest BCUT2D eigenvalue weighted by Crippen LogP contribution is -2.28. The molecule has 0 radical (unpaired) electrons. The van der Waals surface area contributed by atoms with Gasteiger partial charge < -0.3 is 19.5 Å². The minimum Gasteiger partial charge on any atom is -0.471 e. The summed E-state index contributed by atoms with van der Waals surface area (Å²) in [5.74, 6) is 0.813. The average molecular weight is 409 g/mol. The Kier molecular flexibility index (Phi) is 6.87. The van der Waals surface area contributed by atoms with Crippen molar-refractivity contribution in [1.29, 1.82) is 0 Å². The molecular formula is C22H28N6O2. The summed E-state index contributed by atoms with van der Waals surface area (Å²) in [6, 6.07) is 10.0. The van der Waals surface area contributed by atoms with E-state index >= 15 is 0 Å². The summed E-state index contributed by atoms with van der Waals surface area (Å²) in [6.45, 7) is 4.90. The molecule has 0 unspecified atom stereocenters. The lowest BCUT2D eigenvalue weighted by Gasteiger charge is -2.15. The van der Waals surface area contributed by atoms with E-state index in [1.807, 2.05) is 39.8 Å². The number of fused-ring (bicyclic) bond motifs is 1. The highest BCUT2D eigenvalue weighted by atomic mass is 16.5. The molecule has 4 rings (SSSR count). The molecule has 3 heterocycles. The van der Waals surface area contributed by atoms with Gasteiger partial charge in [0.1, 0.15) is 12.9 Å². The van der Waals surface area contributed by atoms with E-state index in [2.05, 4.69) is 20.3 Å². The Morgan fingerprint density at radius 2 is 1.87 bits per heavy atom. The van der Waals surface area contributed by atoms with Gasteiger partial charge >= 0.3 is 0 Å². The first kappa shape index (κ1) is 20.3. The SMILES string of the molecule is O=C1CCCN1CCCNCCCn1cnc2c(OCc3ccccc3)ncnc21. The molecule has 2 aromatic heterocycles. The molecule has 1 N–H and O–H groups in total. The van der Waals surface area contributed by atoms with E-state index < -0.39 is 0 Å². The second-order valence-electron chi connectivity index (χ2n) is 7.50. The lowest BCUT2D eigenvalue weighted by atomic mass is 10.2. The fraction of sp³-hybridized carbons (Fsp3) is 0.455. The van der Waals surface area contributed by atoms with Gasteiger partial charge in [0.15, 0.2) is 11.2 Å². The Morgan fingerprint density at radius 1 is 1.03 bits per heavy atom. The number of hydrogen-bond acceptors (Lipinski definition) is 6. The van der Waals surface area contributed by atoms with E-state index in [0.717, 1.165) is 69.6 Å². The van der Waals surface area contributed by atoms with Crippen LogP contribution in [0.1, 0.15) is 31.2 Å². The predicted octanol–water partition coefficient (Wildman–Crippen LogP) is 2.40. The average Bonchev–Trinajstić information content (AvgIpc) is 3.38. The molecule has 30 heavy (non-hydrogen) atoms. The molecule has 1 aromatic carbocycles. The second-order valence-corrected chi connectivity index (χ2v) is 7.50. The van der Waals surface area contributed by atoms with Gasteiger partial charge in [-0.05, 0) is 37.9 Å². The standard InChI is InChI=1S/C22H28N6O2/c29-19-9-4-12-27(19)13-5-10-23-11-6-14-28-17-26-20-21(28)24-16-25-22(20)30-15-18-7-2-1-3-8-18/h1-3,7-8,16-17,23H,4-6,9-15H2. The quantitative estimate of drug-likeness (QED) is 0.491. The van der Waals surface area contributed by atoms with Crippen molar-refractivity contribution in [2.45, 2.75) is 38.8 Å². The van der Waals surface area contributed by atoms with Crippen LogP contribution in [0.2, 0.25) is 0 Å². The molecule has 0 bridgehead atoms. The van der Waals surface area contributed by atoms with Crippen LogP contribution in [0.25, 0.3) is 11.2 Å². The van der Waals surface area contributed by atoms with Gasteiger partial charge in [0.05, 0.1) is 6.33 Å². The van der Waals surface area contributed by atoms with Crippen molar-refractivity contribution in [2.24, 2.45) is 0 Å². The summed E-state index contributed by atoms with van der Waals surface area (Å²) in [5.41, 5.74) is 2.57. The van der Waals surface area contributed by atoms with E-state index in [-0.39, 0.29) is 0 Å². The van der Waals surface area contributed by atoms with Crippen molar-refractivity contribution in [1.82, 2.24) is 29.7 Å². The molecule has 0 spiro atoms. The summed E-state index contributed by atoms with van der Waals surface area (Å²) in [7, 11) is 0. The number of nitrogens with one attached hydrogen (secondary N) is 1. The maximum Gasteiger partial charge on any atom is 0.245 e. The molecule has 1 amide bonds. The molecule has 3 aromatic rings. The van der Waals surface area contributed by atoms with Crippen molar-refractivity contribution in [2.75, 3.05) is 26.2 Å². The third-order valence-corrected chi connectivity index (χ3v) is 5.29. The topological polar surface area (TPSA) is 85.2 Å². The summed E-state index contributed by atoms with van der Waals surface area (Å²) in [6.07, 6.45) is 7.02. The zero-order valence-corrected chi connectivity index (χ0v) is 17.2. The first-order valence-corrected chi connectivity index (χ1v) is 10.6. The molecule has 8 heteroatoms. The molecule has 158 valence electrons. The van der Waals surface area contributed by atoms with E-state index in [4.69, 9.17) is 4.74 Å². The number of benzene rings is 1. The van der Waals surface area contributed by atoms with Crippen LogP contribution >= 0.6 is 0 Å². The fourth-order valence-electron chi connectivity index (χ4n) is 3.69. The highest BCUT2D eigenvalue weighted by Gasteiger charge is 2.18. The normalized spacial score (nSPS) is 14.0. The number of aryl methyl sites for hydroxylation is 1. The number of nitrogens with zero attached hydrogens (tertiary/aromatic N) is 5. The highest BCUT2D eigenvalue weighted by molar-refractivity contribution is 5.78. The summed E-state index contributed by atoms with van der Waals surface area (Å²) in [4.78, 5) is 26.7. The molecular weight excluding hydrogens is 380 g/mol. The summed E-state index contributed by atoms with van der Waals surface area (Å²) < 4.78 is 7.91. The Morgan fingerprint density at radius 3 is 2.67 bits per heavy atom. The molecule has 0 atom stereocenters.